The zero-order chi connectivity index (χ0) is 12.3. The van der Waals surface area contributed by atoms with Gasteiger partial charge in [-0.3, -0.25) is 9.96 Å². The van der Waals surface area contributed by atoms with Crippen LogP contribution in [0.25, 0.3) is 0 Å². The topological polar surface area (TPSA) is 113 Å². The van der Waals surface area contributed by atoms with E-state index in [0.717, 1.165) is 6.42 Å². The molecule has 2 rings (SSSR count). The first-order chi connectivity index (χ1) is 7.25. The Morgan fingerprint density at radius 1 is 1.50 bits per heavy atom. The number of hydrogen-bond donors (Lipinski definition) is 3. The van der Waals surface area contributed by atoms with Crippen LogP contribution in [0.5, 0.6) is 0 Å². The largest absolute Gasteiger partial charge is 0.462 e. The van der Waals surface area contributed by atoms with E-state index in [-0.39, 0.29) is 12.1 Å². The summed E-state index contributed by atoms with van der Waals surface area (Å²) in [6.07, 6.45) is 7.56. The highest BCUT2D eigenvalue weighted by molar-refractivity contribution is 7.85. The molecule has 0 radical (unpaired) electrons. The molecule has 0 aromatic rings. The molecule has 0 spiro atoms. The highest BCUT2D eigenvalue weighted by atomic mass is 32.2. The van der Waals surface area contributed by atoms with Crippen LogP contribution in [0.2, 0.25) is 0 Å². The molecule has 0 unspecified atom stereocenters. The van der Waals surface area contributed by atoms with E-state index in [9.17, 15) is 8.42 Å². The number of rotatable bonds is 1. The SMILES string of the molecule is CS(=O)(=O)O.N=C(N)O[C@H]1C[C@H]2C=C[C@@H]1C2. The van der Waals surface area contributed by atoms with E-state index in [1.807, 2.05) is 0 Å². The van der Waals surface area contributed by atoms with Gasteiger partial charge in [0.05, 0.1) is 6.26 Å². The summed E-state index contributed by atoms with van der Waals surface area (Å²) in [5, 5.41) is 6.97. The van der Waals surface area contributed by atoms with Gasteiger partial charge in [-0.05, 0) is 18.8 Å². The van der Waals surface area contributed by atoms with Crippen molar-refractivity contribution in [2.24, 2.45) is 17.6 Å². The lowest BCUT2D eigenvalue weighted by Crippen LogP contribution is -2.26. The summed E-state index contributed by atoms with van der Waals surface area (Å²) in [4.78, 5) is 0. The first-order valence-corrected chi connectivity index (χ1v) is 6.72. The molecule has 16 heavy (non-hydrogen) atoms. The molecule has 0 amide bonds. The molecule has 0 aliphatic heterocycles. The van der Waals surface area contributed by atoms with Gasteiger partial charge in [-0.15, -0.1) is 0 Å². The fraction of sp³-hybridized carbons (Fsp3) is 0.667. The highest BCUT2D eigenvalue weighted by Gasteiger charge is 2.37. The first-order valence-electron chi connectivity index (χ1n) is 4.87. The Morgan fingerprint density at radius 3 is 2.38 bits per heavy atom. The lowest BCUT2D eigenvalue weighted by Gasteiger charge is -2.18. The highest BCUT2D eigenvalue weighted by Crippen LogP contribution is 2.40. The summed E-state index contributed by atoms with van der Waals surface area (Å²) in [6, 6.07) is -0.143. The van der Waals surface area contributed by atoms with Gasteiger partial charge in [-0.25, -0.2) is 0 Å². The maximum absolute atomic E-state index is 9.19. The average molecular weight is 248 g/mol. The summed E-state index contributed by atoms with van der Waals surface area (Å²) in [5.74, 6) is 1.20. The van der Waals surface area contributed by atoms with Crippen LogP contribution in [-0.4, -0.2) is 31.4 Å². The van der Waals surface area contributed by atoms with E-state index in [0.29, 0.717) is 18.1 Å². The van der Waals surface area contributed by atoms with Crippen molar-refractivity contribution in [1.82, 2.24) is 0 Å². The van der Waals surface area contributed by atoms with Crippen LogP contribution < -0.4 is 5.73 Å². The van der Waals surface area contributed by atoms with Crippen molar-refractivity contribution in [3.05, 3.63) is 12.2 Å². The Kier molecular flexibility index (Phi) is 3.93. The minimum atomic E-state index is -3.67. The summed E-state index contributed by atoms with van der Waals surface area (Å²) in [5.41, 5.74) is 5.14. The standard InChI is InChI=1S/C8H12N2O.CH4O3S/c9-8(10)11-7-4-5-1-2-6(7)3-5;1-5(2,3)4/h1-2,5-7H,3-4H2,(H3,9,10);1H3,(H,2,3,4)/t5-,6+,7-;/m0./s1. The van der Waals surface area contributed by atoms with Crippen LogP contribution in [0.4, 0.5) is 0 Å². The van der Waals surface area contributed by atoms with Gasteiger partial charge < -0.3 is 10.5 Å². The number of nitrogens with two attached hydrogens (primary N) is 1. The molecule has 0 aromatic heterocycles. The minimum Gasteiger partial charge on any atom is -0.462 e. The van der Waals surface area contributed by atoms with Crippen LogP contribution in [0.3, 0.4) is 0 Å². The summed E-state index contributed by atoms with van der Waals surface area (Å²) >= 11 is 0. The fourth-order valence-electron chi connectivity index (χ4n) is 2.03. The number of nitrogens with one attached hydrogen (secondary N) is 1. The van der Waals surface area contributed by atoms with Crippen molar-refractivity contribution < 1.29 is 17.7 Å². The van der Waals surface area contributed by atoms with E-state index in [4.69, 9.17) is 20.4 Å². The molecule has 2 aliphatic rings. The zero-order valence-electron chi connectivity index (χ0n) is 8.96. The maximum atomic E-state index is 9.19. The van der Waals surface area contributed by atoms with Crippen molar-refractivity contribution in [3.63, 3.8) is 0 Å². The van der Waals surface area contributed by atoms with Crippen LogP contribution >= 0.6 is 0 Å². The number of ether oxygens (including phenoxy) is 1. The Balaban J connectivity index is 0.000000221. The zero-order valence-corrected chi connectivity index (χ0v) is 9.78. The fourth-order valence-corrected chi connectivity index (χ4v) is 2.03. The van der Waals surface area contributed by atoms with Crippen molar-refractivity contribution in [2.45, 2.75) is 18.9 Å². The van der Waals surface area contributed by atoms with Crippen LogP contribution in [-0.2, 0) is 14.9 Å². The number of fused-ring (bicyclic) bond motifs is 2. The summed E-state index contributed by atoms with van der Waals surface area (Å²) in [6.45, 7) is 0. The van der Waals surface area contributed by atoms with Gasteiger partial charge in [0.25, 0.3) is 16.1 Å². The van der Waals surface area contributed by atoms with Crippen molar-refractivity contribution in [3.8, 4) is 0 Å². The second-order valence-corrected chi connectivity index (χ2v) is 5.50. The number of allylic oxidation sites excluding steroid dienone is 1. The molecule has 7 heteroatoms. The summed E-state index contributed by atoms with van der Waals surface area (Å²) in [7, 11) is -3.67. The Bertz CT molecular complexity index is 382. The van der Waals surface area contributed by atoms with E-state index in [1.54, 1.807) is 0 Å². The first kappa shape index (κ1) is 13.0. The third-order valence-corrected chi connectivity index (χ3v) is 2.50. The quantitative estimate of drug-likeness (QED) is 0.268. The molecule has 3 atom stereocenters. The van der Waals surface area contributed by atoms with Gasteiger partial charge >= 0.3 is 0 Å². The Labute approximate surface area is 94.7 Å². The van der Waals surface area contributed by atoms with E-state index in [1.165, 1.54) is 6.42 Å². The number of hydrogen-bond acceptors (Lipinski definition) is 4. The predicted molar refractivity (Wildman–Crippen MR) is 59.6 cm³/mol. The van der Waals surface area contributed by atoms with Crippen LogP contribution in [0.15, 0.2) is 12.2 Å². The molecule has 2 bridgehead atoms. The second kappa shape index (κ2) is 4.84. The van der Waals surface area contributed by atoms with Crippen molar-refractivity contribution in [2.75, 3.05) is 6.26 Å². The van der Waals surface area contributed by atoms with Gasteiger partial charge in [-0.1, -0.05) is 12.2 Å². The van der Waals surface area contributed by atoms with Crippen molar-refractivity contribution >= 4 is 16.1 Å². The van der Waals surface area contributed by atoms with Gasteiger partial charge in [0.1, 0.15) is 6.10 Å². The molecule has 2 aliphatic carbocycles. The molecule has 4 N–H and O–H groups in total. The lowest BCUT2D eigenvalue weighted by atomic mass is 10.1. The van der Waals surface area contributed by atoms with Crippen LogP contribution in [0.1, 0.15) is 12.8 Å². The van der Waals surface area contributed by atoms with Gasteiger partial charge in [0, 0.05) is 5.92 Å². The third-order valence-electron chi connectivity index (χ3n) is 2.50. The maximum Gasteiger partial charge on any atom is 0.279 e. The predicted octanol–water partition coefficient (Wildman–Crippen LogP) is 0.365. The normalized spacial score (nSPS) is 30.8. The molecule has 1 saturated carbocycles. The average Bonchev–Trinajstić information content (AvgIpc) is 2.59. The molecule has 0 saturated heterocycles. The Hall–Kier alpha value is -1.08. The molecular weight excluding hydrogens is 232 g/mol. The number of amidine groups is 1. The van der Waals surface area contributed by atoms with E-state index < -0.39 is 10.1 Å². The smallest absolute Gasteiger partial charge is 0.279 e. The molecule has 6 nitrogen and oxygen atoms in total. The summed E-state index contributed by atoms with van der Waals surface area (Å²) < 4.78 is 31.0. The van der Waals surface area contributed by atoms with Gasteiger partial charge in [0.2, 0.25) is 0 Å². The molecule has 0 aromatic carbocycles. The van der Waals surface area contributed by atoms with Crippen LogP contribution in [0, 0.1) is 17.2 Å². The Morgan fingerprint density at radius 2 is 2.06 bits per heavy atom. The molecular formula is C9H16N2O4S. The van der Waals surface area contributed by atoms with E-state index >= 15 is 0 Å². The lowest BCUT2D eigenvalue weighted by molar-refractivity contribution is 0.157. The van der Waals surface area contributed by atoms with Gasteiger partial charge in [0.15, 0.2) is 0 Å². The molecule has 1 fully saturated rings. The second-order valence-electron chi connectivity index (χ2n) is 4.03. The van der Waals surface area contributed by atoms with Crippen molar-refractivity contribution in [1.29, 1.82) is 5.41 Å². The monoisotopic (exact) mass is 248 g/mol. The molecule has 92 valence electrons. The minimum absolute atomic E-state index is 0.143. The third kappa shape index (κ3) is 4.63. The molecule has 0 heterocycles. The van der Waals surface area contributed by atoms with Gasteiger partial charge in [-0.2, -0.15) is 8.42 Å². The van der Waals surface area contributed by atoms with E-state index in [2.05, 4.69) is 12.2 Å².